The number of aromatic hydroxyl groups is 1. The Bertz CT molecular complexity index is 1180. The molecule has 2 fully saturated rings. The number of hydrogen-bond donors (Lipinski definition) is 2. The number of nitrogens with one attached hydrogen (secondary N) is 1. The molecular weight excluding hydrogens is 390 g/mol. The molecule has 1 aromatic heterocycles. The quantitative estimate of drug-likeness (QED) is 0.482. The fourth-order valence-electron chi connectivity index (χ4n) is 6.11. The normalized spacial score (nSPS) is 25.9. The molecule has 0 bridgehead atoms. The summed E-state index contributed by atoms with van der Waals surface area (Å²) in [4.78, 5) is 17.2. The topological polar surface area (TPSA) is 82.4 Å². The summed E-state index contributed by atoms with van der Waals surface area (Å²) in [6.07, 6.45) is 5.58. The summed E-state index contributed by atoms with van der Waals surface area (Å²) >= 11 is 0. The van der Waals surface area contributed by atoms with Gasteiger partial charge in [-0.15, -0.1) is 0 Å². The summed E-state index contributed by atoms with van der Waals surface area (Å²) in [5.41, 5.74) is 4.78. The van der Waals surface area contributed by atoms with Crippen molar-refractivity contribution in [1.29, 1.82) is 0 Å². The first kappa shape index (κ1) is 18.9. The van der Waals surface area contributed by atoms with Gasteiger partial charge in [0.2, 0.25) is 0 Å². The van der Waals surface area contributed by atoms with Crippen LogP contribution in [0.4, 0.5) is 5.69 Å². The molecule has 2 unspecified atom stereocenters. The Morgan fingerprint density at radius 2 is 2.10 bits per heavy atom. The number of nitrogens with zero attached hydrogens (tertiary/aromatic N) is 2. The molecule has 3 aromatic rings. The van der Waals surface area contributed by atoms with Crippen molar-refractivity contribution < 1.29 is 10.0 Å². The van der Waals surface area contributed by atoms with Crippen LogP contribution in [0.2, 0.25) is 0 Å². The van der Waals surface area contributed by atoms with Crippen LogP contribution in [-0.2, 0) is 18.3 Å². The third-order valence-corrected chi connectivity index (χ3v) is 7.90. The van der Waals surface area contributed by atoms with Crippen LogP contribution < -0.4 is 0 Å². The Balaban J connectivity index is 1.45. The predicted octanol–water partition coefficient (Wildman–Crippen LogP) is 4.55. The second-order valence-electron chi connectivity index (χ2n) is 9.81. The predicted molar refractivity (Wildman–Crippen MR) is 119 cm³/mol. The molecule has 6 heteroatoms. The molecule has 1 aliphatic heterocycles. The molecule has 3 aliphatic rings. The molecule has 2 aliphatic carbocycles. The largest absolute Gasteiger partial charge is 0.508 e. The minimum absolute atomic E-state index is 0.0153. The Morgan fingerprint density at radius 1 is 1.23 bits per heavy atom. The number of non-ortho nitro benzene ring substituents is 1. The first-order valence-corrected chi connectivity index (χ1v) is 11.3. The molecule has 1 saturated heterocycles. The van der Waals surface area contributed by atoms with E-state index in [4.69, 9.17) is 0 Å². The van der Waals surface area contributed by atoms with Gasteiger partial charge in [-0.05, 0) is 79.8 Å². The zero-order valence-electron chi connectivity index (χ0n) is 17.5. The third kappa shape index (κ3) is 3.12. The van der Waals surface area contributed by atoms with Gasteiger partial charge in [0, 0.05) is 47.2 Å². The number of aromatic amines is 1. The Labute approximate surface area is 181 Å². The van der Waals surface area contributed by atoms with Crippen LogP contribution in [0.15, 0.2) is 42.5 Å². The van der Waals surface area contributed by atoms with E-state index in [9.17, 15) is 15.2 Å². The van der Waals surface area contributed by atoms with Crippen molar-refractivity contribution in [2.75, 3.05) is 19.6 Å². The lowest BCUT2D eigenvalue weighted by atomic mass is 9.58. The maximum Gasteiger partial charge on any atom is 0.270 e. The summed E-state index contributed by atoms with van der Waals surface area (Å²) in [5, 5.41) is 22.6. The Morgan fingerprint density at radius 3 is 2.87 bits per heavy atom. The van der Waals surface area contributed by atoms with Crippen molar-refractivity contribution >= 4 is 16.6 Å². The van der Waals surface area contributed by atoms with E-state index >= 15 is 0 Å². The maximum absolute atomic E-state index is 11.3. The number of likely N-dealkylation sites (tertiary alicyclic amines) is 1. The van der Waals surface area contributed by atoms with Gasteiger partial charge in [-0.25, -0.2) is 0 Å². The summed E-state index contributed by atoms with van der Waals surface area (Å²) in [5.74, 6) is 1.61. The molecule has 1 saturated carbocycles. The highest BCUT2D eigenvalue weighted by molar-refractivity contribution is 5.87. The molecule has 2 heterocycles. The van der Waals surface area contributed by atoms with E-state index in [0.717, 1.165) is 49.2 Å². The number of fused-ring (bicyclic) bond motifs is 4. The van der Waals surface area contributed by atoms with E-state index < -0.39 is 0 Å². The van der Waals surface area contributed by atoms with Crippen molar-refractivity contribution in [3.63, 3.8) is 0 Å². The zero-order valence-corrected chi connectivity index (χ0v) is 17.5. The Kier molecular flexibility index (Phi) is 4.15. The summed E-state index contributed by atoms with van der Waals surface area (Å²) in [7, 11) is 0. The smallest absolute Gasteiger partial charge is 0.270 e. The average Bonchev–Trinajstić information content (AvgIpc) is 3.51. The number of hydrogen-bond acceptors (Lipinski definition) is 4. The van der Waals surface area contributed by atoms with Crippen LogP contribution in [0, 0.1) is 22.0 Å². The van der Waals surface area contributed by atoms with Gasteiger partial charge in [-0.1, -0.05) is 12.1 Å². The minimum atomic E-state index is -0.309. The zero-order chi connectivity index (χ0) is 21.2. The minimum Gasteiger partial charge on any atom is -0.508 e. The van der Waals surface area contributed by atoms with Crippen LogP contribution in [0.1, 0.15) is 36.1 Å². The van der Waals surface area contributed by atoms with Gasteiger partial charge in [0.05, 0.1) is 4.92 Å². The summed E-state index contributed by atoms with van der Waals surface area (Å²) in [6.45, 7) is 3.33. The lowest BCUT2D eigenvalue weighted by Gasteiger charge is -2.51. The molecule has 2 aromatic carbocycles. The molecule has 0 radical (unpaired) electrons. The van der Waals surface area contributed by atoms with Crippen LogP contribution in [-0.4, -0.2) is 39.5 Å². The van der Waals surface area contributed by atoms with E-state index in [0.29, 0.717) is 11.7 Å². The van der Waals surface area contributed by atoms with Crippen molar-refractivity contribution in [2.45, 2.75) is 37.5 Å². The van der Waals surface area contributed by atoms with Gasteiger partial charge in [-0.2, -0.15) is 0 Å². The summed E-state index contributed by atoms with van der Waals surface area (Å²) < 4.78 is 0. The van der Waals surface area contributed by atoms with Gasteiger partial charge in [0.1, 0.15) is 5.75 Å². The standard InChI is InChI=1S/C25H27N3O3/c29-20-3-1-2-17(10-20)25-8-9-27(14-16-4-5-16)15-18(25)11-21-22-12-19(28(30)31)6-7-23(22)26-24(21)13-25/h1-3,6-7,10,12,16,18,26,29H,4-5,8-9,11,13-15H2. The van der Waals surface area contributed by atoms with Gasteiger partial charge in [-0.3, -0.25) is 10.1 Å². The number of nitro groups is 1. The number of phenols is 1. The molecular formula is C25H27N3O3. The molecule has 2 N–H and O–H groups in total. The average molecular weight is 418 g/mol. The Hall–Kier alpha value is -2.86. The number of H-pyrrole nitrogens is 1. The van der Waals surface area contributed by atoms with E-state index in [1.165, 1.54) is 36.2 Å². The van der Waals surface area contributed by atoms with E-state index in [2.05, 4.69) is 16.0 Å². The number of rotatable bonds is 4. The van der Waals surface area contributed by atoms with Gasteiger partial charge in [0.25, 0.3) is 5.69 Å². The molecule has 160 valence electrons. The van der Waals surface area contributed by atoms with Crippen molar-refractivity contribution in [3.05, 3.63) is 69.4 Å². The molecule has 2 atom stereocenters. The molecule has 6 nitrogen and oxygen atoms in total. The number of phenolic OH excluding ortho intramolecular Hbond substituents is 1. The number of piperidine rings is 1. The van der Waals surface area contributed by atoms with Crippen LogP contribution in [0.5, 0.6) is 5.75 Å². The highest BCUT2D eigenvalue weighted by Crippen LogP contribution is 2.50. The lowest BCUT2D eigenvalue weighted by molar-refractivity contribution is -0.384. The van der Waals surface area contributed by atoms with Crippen molar-refractivity contribution in [3.8, 4) is 5.75 Å². The lowest BCUT2D eigenvalue weighted by Crippen LogP contribution is -2.54. The highest BCUT2D eigenvalue weighted by atomic mass is 16.6. The van der Waals surface area contributed by atoms with Gasteiger partial charge < -0.3 is 15.0 Å². The second kappa shape index (κ2) is 6.82. The van der Waals surface area contributed by atoms with Crippen LogP contribution in [0.3, 0.4) is 0 Å². The summed E-state index contributed by atoms with van der Waals surface area (Å²) in [6, 6.07) is 13.0. The number of nitro benzene ring substituents is 1. The monoisotopic (exact) mass is 417 g/mol. The molecule has 6 rings (SSSR count). The van der Waals surface area contributed by atoms with Crippen molar-refractivity contribution in [1.82, 2.24) is 9.88 Å². The van der Waals surface area contributed by atoms with Crippen molar-refractivity contribution in [2.24, 2.45) is 11.8 Å². The molecule has 0 spiro atoms. The molecule has 31 heavy (non-hydrogen) atoms. The highest BCUT2D eigenvalue weighted by Gasteiger charge is 2.48. The number of aromatic nitrogens is 1. The number of benzene rings is 2. The van der Waals surface area contributed by atoms with E-state index in [1.807, 2.05) is 18.2 Å². The van der Waals surface area contributed by atoms with E-state index in [1.54, 1.807) is 18.2 Å². The van der Waals surface area contributed by atoms with Gasteiger partial charge in [0.15, 0.2) is 0 Å². The first-order valence-electron chi connectivity index (χ1n) is 11.3. The van der Waals surface area contributed by atoms with Crippen LogP contribution in [0.25, 0.3) is 10.9 Å². The molecule has 0 amide bonds. The van der Waals surface area contributed by atoms with E-state index in [-0.39, 0.29) is 16.0 Å². The van der Waals surface area contributed by atoms with Crippen LogP contribution >= 0.6 is 0 Å². The third-order valence-electron chi connectivity index (χ3n) is 7.90. The second-order valence-corrected chi connectivity index (χ2v) is 9.81. The fourth-order valence-corrected chi connectivity index (χ4v) is 6.11. The first-order chi connectivity index (χ1) is 15.0. The fraction of sp³-hybridized carbons (Fsp3) is 0.440. The SMILES string of the molecule is O=[N+]([O-])c1ccc2[nH]c3c(c2c1)CC1CN(CC2CC2)CCC1(c1cccc(O)c1)C3. The maximum atomic E-state index is 11.3. The van der Waals surface area contributed by atoms with Gasteiger partial charge >= 0.3 is 0 Å².